The largest absolute Gasteiger partial charge is 1.00 e. The molecule has 0 radical (unpaired) electrons. The van der Waals surface area contributed by atoms with Crippen LogP contribution in [-0.2, 0) is 23.9 Å². The van der Waals surface area contributed by atoms with Crippen molar-refractivity contribution in [1.29, 1.82) is 0 Å². The van der Waals surface area contributed by atoms with Crippen LogP contribution in [0, 0.1) is 13.8 Å². The summed E-state index contributed by atoms with van der Waals surface area (Å²) in [5.41, 5.74) is 10.3. The Kier molecular flexibility index (Phi) is 23.3. The molecule has 0 amide bonds. The predicted octanol–water partition coefficient (Wildman–Crippen LogP) is 4.38. The van der Waals surface area contributed by atoms with Crippen molar-refractivity contribution in [2.75, 3.05) is 20.0 Å². The van der Waals surface area contributed by atoms with E-state index in [1.54, 1.807) is 23.7 Å². The Labute approximate surface area is 391 Å². The van der Waals surface area contributed by atoms with Gasteiger partial charge < -0.3 is 31.3 Å². The number of ether oxygens (including phenoxy) is 2. The van der Waals surface area contributed by atoms with Gasteiger partial charge in [0.25, 0.3) is 0 Å². The number of halogens is 1. The van der Waals surface area contributed by atoms with Gasteiger partial charge in [-0.25, -0.2) is 29.0 Å². The number of fused-ring (bicyclic) bond motifs is 3. The average Bonchev–Trinajstić information content (AvgIpc) is 3.89. The molecule has 0 aliphatic rings. The summed E-state index contributed by atoms with van der Waals surface area (Å²) in [7, 11) is 2.47. The van der Waals surface area contributed by atoms with Gasteiger partial charge in [-0.3, -0.25) is 9.59 Å². The minimum atomic E-state index is -0.978. The monoisotopic (exact) mass is 898 g/mol. The molecule has 65 heavy (non-hydrogen) atoms. The van der Waals surface area contributed by atoms with Crippen LogP contribution >= 0.6 is 11.8 Å². The quantitative estimate of drug-likeness (QED) is 0.0501. The van der Waals surface area contributed by atoms with Gasteiger partial charge >= 0.3 is 36.8 Å². The zero-order chi connectivity index (χ0) is 45.3. The molecular formula is C47H48ClLiN6O10. The number of aryl methyl sites for hydroxylation is 2. The van der Waals surface area contributed by atoms with Crippen LogP contribution in [0.15, 0.2) is 140 Å². The van der Waals surface area contributed by atoms with Crippen molar-refractivity contribution in [3.05, 3.63) is 162 Å². The number of carboxylic acids is 1. The molecule has 8 rings (SSSR count). The molecule has 0 aliphatic heterocycles. The third-order valence-corrected chi connectivity index (χ3v) is 8.91. The van der Waals surface area contributed by atoms with E-state index in [0.717, 1.165) is 56.8 Å². The second-order valence-corrected chi connectivity index (χ2v) is 13.3. The third-order valence-electron chi connectivity index (χ3n) is 8.91. The maximum Gasteiger partial charge on any atom is 1.00 e. The Hall–Kier alpha value is -7.16. The number of carboxylic acid groups (broad SMARTS) is 1. The fraction of sp³-hybridized carbons (Fsp3) is 0.128. The zero-order valence-corrected chi connectivity index (χ0v) is 37.3. The standard InChI is InChI=1S/C16H14N2O2.C15H12N2O2.C10H9N.C6H8O4.ClH2N.Li.2H2O/c1-11-10-15(16(19)20-2)18(17-11)14-9-5-7-12-6-3-4-8-13(12)14;1-10-9-14(15(18)19)17(16-10)13-8-4-6-11-5-2-3-7-12(11)13;11-10-7-3-5-8-4-1-2-6-9(8)10;1-4(7)3-5(8)6(9)10-2;1-2;;;/h3-10H,1-2H3;2-9H,1H3,(H,18,19);1-7H,11H2;3H2,1-2H3;2H2;;2*1H2/q;;;;;+1;;/p-1. The number of rotatable bonds is 7. The van der Waals surface area contributed by atoms with Gasteiger partial charge in [-0.15, -0.1) is 0 Å². The van der Waals surface area contributed by atoms with E-state index in [4.69, 9.17) is 10.5 Å². The minimum Gasteiger partial charge on any atom is -0.870 e. The number of ketones is 2. The Balaban J connectivity index is 0.000000438. The number of aromatic nitrogens is 4. The van der Waals surface area contributed by atoms with E-state index in [2.05, 4.69) is 44.1 Å². The van der Waals surface area contributed by atoms with Crippen molar-refractivity contribution in [2.24, 2.45) is 5.25 Å². The zero-order valence-electron chi connectivity index (χ0n) is 36.6. The number of nitrogens with two attached hydrogens (primary N) is 2. The number of Topliss-reactive ketones (excluding diaryl/α,β-unsaturated/α-hetero) is 2. The molecule has 0 atom stereocenters. The molecule has 0 spiro atoms. The summed E-state index contributed by atoms with van der Waals surface area (Å²) >= 11 is 4.14. The van der Waals surface area contributed by atoms with E-state index in [0.29, 0.717) is 11.4 Å². The number of benzene rings is 6. The van der Waals surface area contributed by atoms with Gasteiger partial charge in [0.1, 0.15) is 5.78 Å². The normalized spacial score (nSPS) is 9.58. The predicted molar refractivity (Wildman–Crippen MR) is 246 cm³/mol. The first-order valence-corrected chi connectivity index (χ1v) is 19.2. The number of anilines is 1. The minimum absolute atomic E-state index is 0. The van der Waals surface area contributed by atoms with E-state index < -0.39 is 23.7 Å². The molecule has 0 saturated carbocycles. The molecule has 8 aromatic rings. The molecule has 8 N–H and O–H groups in total. The average molecular weight is 899 g/mol. The van der Waals surface area contributed by atoms with E-state index in [1.165, 1.54) is 24.1 Å². The molecule has 6 aromatic carbocycles. The summed E-state index contributed by atoms with van der Waals surface area (Å²) in [4.78, 5) is 54.2. The van der Waals surface area contributed by atoms with E-state index >= 15 is 0 Å². The van der Waals surface area contributed by atoms with Gasteiger partial charge in [-0.1, -0.05) is 109 Å². The topological polar surface area (TPSA) is 273 Å². The third kappa shape index (κ3) is 14.7. The first kappa shape index (κ1) is 55.9. The summed E-state index contributed by atoms with van der Waals surface area (Å²) in [5.74, 6) is -3.47. The first-order valence-electron chi connectivity index (χ1n) is 18.8. The number of carbonyl (C=O) groups excluding carboxylic acids is 4. The van der Waals surface area contributed by atoms with Crippen LogP contribution in [0.25, 0.3) is 43.7 Å². The Morgan fingerprint density at radius 3 is 1.42 bits per heavy atom. The van der Waals surface area contributed by atoms with Crippen LogP contribution in [0.3, 0.4) is 0 Å². The molecule has 0 bridgehead atoms. The fourth-order valence-corrected chi connectivity index (χ4v) is 6.22. The Morgan fingerprint density at radius 2 is 1.00 bits per heavy atom. The summed E-state index contributed by atoms with van der Waals surface area (Å²) < 4.78 is 12.0. The number of hydrogen-bond acceptors (Lipinski definition) is 12. The van der Waals surface area contributed by atoms with Crippen LogP contribution in [-0.4, -0.2) is 79.3 Å². The maximum absolute atomic E-state index is 11.9. The molecule has 2 aromatic heterocycles. The van der Waals surface area contributed by atoms with E-state index in [-0.39, 0.29) is 47.7 Å². The molecule has 0 saturated heterocycles. The number of hydrogen-bond donors (Lipinski definition) is 3. The summed E-state index contributed by atoms with van der Waals surface area (Å²) in [5, 5.41) is 28.5. The number of nitrogens with zero attached hydrogens (tertiary/aromatic N) is 4. The number of carbonyl (C=O) groups is 5. The van der Waals surface area contributed by atoms with Gasteiger partial charge in [-0.2, -0.15) is 10.2 Å². The van der Waals surface area contributed by atoms with Crippen molar-refractivity contribution < 1.29 is 68.4 Å². The van der Waals surface area contributed by atoms with Crippen LogP contribution < -0.4 is 29.8 Å². The van der Waals surface area contributed by atoms with Gasteiger partial charge in [-0.05, 0) is 79.0 Å². The number of aromatic carboxylic acids is 1. The van der Waals surface area contributed by atoms with Crippen molar-refractivity contribution in [3.63, 3.8) is 0 Å². The molecule has 0 aliphatic carbocycles. The number of methoxy groups -OCH3 is 2. The van der Waals surface area contributed by atoms with Crippen molar-refractivity contribution in [3.8, 4) is 11.4 Å². The Morgan fingerprint density at radius 1 is 0.615 bits per heavy atom. The van der Waals surface area contributed by atoms with Crippen molar-refractivity contribution in [1.82, 2.24) is 19.6 Å². The van der Waals surface area contributed by atoms with Gasteiger partial charge in [0, 0.05) is 21.8 Å². The van der Waals surface area contributed by atoms with Crippen molar-refractivity contribution >= 4 is 79.3 Å². The van der Waals surface area contributed by atoms with Crippen LogP contribution in [0.2, 0.25) is 0 Å². The van der Waals surface area contributed by atoms with Gasteiger partial charge in [0.05, 0.1) is 43.4 Å². The summed E-state index contributed by atoms with van der Waals surface area (Å²) in [6.07, 6.45) is -0.368. The number of esters is 2. The number of nitrogen functional groups attached to an aromatic ring is 1. The van der Waals surface area contributed by atoms with Crippen LogP contribution in [0.1, 0.15) is 45.7 Å². The molecule has 18 heteroatoms. The fourth-order valence-electron chi connectivity index (χ4n) is 6.22. The molecule has 0 fully saturated rings. The molecular weight excluding hydrogens is 851 g/mol. The van der Waals surface area contributed by atoms with Crippen molar-refractivity contribution in [2.45, 2.75) is 27.2 Å². The van der Waals surface area contributed by atoms with Gasteiger partial charge in [0.15, 0.2) is 11.4 Å². The van der Waals surface area contributed by atoms with Gasteiger partial charge in [0.2, 0.25) is 5.78 Å². The Bertz CT molecular complexity index is 2850. The van der Waals surface area contributed by atoms with Crippen LogP contribution in [0.4, 0.5) is 5.69 Å². The van der Waals surface area contributed by atoms with E-state index in [1.807, 2.05) is 122 Å². The second-order valence-electron chi connectivity index (χ2n) is 13.3. The molecule has 0 unspecified atom stereocenters. The summed E-state index contributed by atoms with van der Waals surface area (Å²) in [6.45, 7) is 4.88. The molecule has 2 heterocycles. The van der Waals surface area contributed by atoms with Crippen LogP contribution in [0.5, 0.6) is 0 Å². The first-order chi connectivity index (χ1) is 29.8. The SMILES string of the molecule is COC(=O)C(=O)CC(C)=O.COC(=O)c1cc(C)nn1-c1cccc2ccccc12.Cc1cc(C(=O)O)n(-c2cccc3ccccc23)n1.NCl.Nc1cccc2ccccc12.O.[Li+].[OH-]. The summed E-state index contributed by atoms with van der Waals surface area (Å²) in [6, 6.07) is 44.9. The van der Waals surface area contributed by atoms with E-state index in [9.17, 15) is 29.1 Å². The second kappa shape index (κ2) is 27.1. The molecule has 334 valence electrons. The smallest absolute Gasteiger partial charge is 0.870 e. The maximum atomic E-state index is 11.9. The molecule has 16 nitrogen and oxygen atoms in total.